The molecule has 0 amide bonds. The summed E-state index contributed by atoms with van der Waals surface area (Å²) >= 11 is 0. The van der Waals surface area contributed by atoms with E-state index in [1.54, 1.807) is 31.4 Å². The minimum Gasteiger partial charge on any atom is -0.490 e. The molecule has 112 valence electrons. The number of aliphatic hydroxyl groups excluding tert-OH is 1. The minimum absolute atomic E-state index is 0.0694. The lowest BCUT2D eigenvalue weighted by molar-refractivity contribution is -0.0423. The first-order valence-electron chi connectivity index (χ1n) is 6.56. The number of rotatable bonds is 9. The van der Waals surface area contributed by atoms with Crippen LogP contribution in [0.3, 0.4) is 0 Å². The molecule has 0 aliphatic rings. The van der Waals surface area contributed by atoms with Crippen molar-refractivity contribution in [3.63, 3.8) is 0 Å². The van der Waals surface area contributed by atoms with E-state index in [4.69, 9.17) is 14.2 Å². The molecular formula is C15H22O5. The van der Waals surface area contributed by atoms with Gasteiger partial charge in [0.05, 0.1) is 24.9 Å². The molecule has 2 unspecified atom stereocenters. The van der Waals surface area contributed by atoms with Crippen molar-refractivity contribution in [2.45, 2.75) is 26.1 Å². The van der Waals surface area contributed by atoms with E-state index in [-0.39, 0.29) is 25.1 Å². The highest BCUT2D eigenvalue weighted by molar-refractivity contribution is 5.96. The predicted molar refractivity (Wildman–Crippen MR) is 75.2 cm³/mol. The monoisotopic (exact) mass is 282 g/mol. The van der Waals surface area contributed by atoms with Gasteiger partial charge in [0, 0.05) is 7.11 Å². The van der Waals surface area contributed by atoms with Crippen LogP contribution in [0.2, 0.25) is 0 Å². The largest absolute Gasteiger partial charge is 0.490 e. The van der Waals surface area contributed by atoms with Crippen LogP contribution >= 0.6 is 0 Å². The summed E-state index contributed by atoms with van der Waals surface area (Å²) in [6.45, 7) is 4.05. The van der Waals surface area contributed by atoms with Gasteiger partial charge in [0.1, 0.15) is 18.5 Å². The van der Waals surface area contributed by atoms with Crippen molar-refractivity contribution in [1.82, 2.24) is 0 Å². The van der Waals surface area contributed by atoms with Gasteiger partial charge in [-0.05, 0) is 26.0 Å². The second-order valence-corrected chi connectivity index (χ2v) is 4.62. The van der Waals surface area contributed by atoms with Gasteiger partial charge in [0.15, 0.2) is 5.78 Å². The number of aliphatic hydroxyl groups is 1. The van der Waals surface area contributed by atoms with Gasteiger partial charge in [0.2, 0.25) is 0 Å². The van der Waals surface area contributed by atoms with Gasteiger partial charge in [-0.1, -0.05) is 12.1 Å². The molecule has 1 aromatic carbocycles. The maximum Gasteiger partial charge on any atom is 0.163 e. The topological polar surface area (TPSA) is 65.0 Å². The first-order chi connectivity index (χ1) is 9.54. The van der Waals surface area contributed by atoms with Gasteiger partial charge < -0.3 is 19.3 Å². The van der Waals surface area contributed by atoms with E-state index in [0.29, 0.717) is 17.9 Å². The van der Waals surface area contributed by atoms with E-state index in [2.05, 4.69) is 0 Å². The maximum atomic E-state index is 11.4. The molecule has 0 fully saturated rings. The third-order valence-electron chi connectivity index (χ3n) is 2.67. The number of hydrogen-bond acceptors (Lipinski definition) is 5. The molecule has 0 aliphatic heterocycles. The third-order valence-corrected chi connectivity index (χ3v) is 2.67. The summed E-state index contributed by atoms with van der Waals surface area (Å²) in [5.74, 6) is 0.407. The number of para-hydroxylation sites is 1. The maximum absolute atomic E-state index is 11.4. The normalized spacial score (nSPS) is 13.8. The molecule has 0 aromatic heterocycles. The average molecular weight is 282 g/mol. The number of ether oxygens (including phenoxy) is 3. The van der Waals surface area contributed by atoms with Gasteiger partial charge in [0.25, 0.3) is 0 Å². The molecule has 0 aliphatic carbocycles. The van der Waals surface area contributed by atoms with Gasteiger partial charge in [-0.3, -0.25) is 4.79 Å². The first kappa shape index (κ1) is 16.6. The molecular weight excluding hydrogens is 260 g/mol. The number of carbonyl (C=O) groups is 1. The van der Waals surface area contributed by atoms with Gasteiger partial charge >= 0.3 is 0 Å². The highest BCUT2D eigenvalue weighted by atomic mass is 16.5. The second kappa shape index (κ2) is 8.68. The van der Waals surface area contributed by atoms with Crippen molar-refractivity contribution >= 4 is 5.78 Å². The Kier molecular flexibility index (Phi) is 7.22. The second-order valence-electron chi connectivity index (χ2n) is 4.62. The Morgan fingerprint density at radius 3 is 2.60 bits per heavy atom. The molecule has 0 spiro atoms. The van der Waals surface area contributed by atoms with E-state index >= 15 is 0 Å². The van der Waals surface area contributed by atoms with Crippen LogP contribution in [0.1, 0.15) is 24.2 Å². The molecule has 0 bridgehead atoms. The highest BCUT2D eigenvalue weighted by Gasteiger charge is 2.12. The average Bonchev–Trinajstić information content (AvgIpc) is 2.43. The summed E-state index contributed by atoms with van der Waals surface area (Å²) in [5, 5.41) is 9.78. The van der Waals surface area contributed by atoms with Crippen LogP contribution in [0.15, 0.2) is 24.3 Å². The Morgan fingerprint density at radius 1 is 1.25 bits per heavy atom. The smallest absolute Gasteiger partial charge is 0.163 e. The van der Waals surface area contributed by atoms with Crippen molar-refractivity contribution in [2.75, 3.05) is 26.9 Å². The predicted octanol–water partition coefficient (Wildman–Crippen LogP) is 1.68. The van der Waals surface area contributed by atoms with Gasteiger partial charge in [-0.15, -0.1) is 0 Å². The quantitative estimate of drug-likeness (QED) is 0.698. The van der Waals surface area contributed by atoms with E-state index < -0.39 is 6.10 Å². The van der Waals surface area contributed by atoms with Crippen molar-refractivity contribution in [3.05, 3.63) is 29.8 Å². The summed E-state index contributed by atoms with van der Waals surface area (Å²) in [6.07, 6.45) is -0.839. The molecule has 0 saturated carbocycles. The first-order valence-corrected chi connectivity index (χ1v) is 6.56. The molecule has 0 radical (unpaired) electrons. The molecule has 20 heavy (non-hydrogen) atoms. The molecule has 0 saturated heterocycles. The fourth-order valence-corrected chi connectivity index (χ4v) is 1.68. The summed E-state index contributed by atoms with van der Waals surface area (Å²) < 4.78 is 15.8. The molecule has 1 N–H and O–H groups in total. The lowest BCUT2D eigenvalue weighted by Gasteiger charge is -2.17. The number of ketones is 1. The van der Waals surface area contributed by atoms with Crippen LogP contribution in [-0.2, 0) is 9.47 Å². The molecule has 0 heterocycles. The summed E-state index contributed by atoms with van der Waals surface area (Å²) in [7, 11) is 1.60. The van der Waals surface area contributed by atoms with Crippen molar-refractivity contribution < 1.29 is 24.1 Å². The number of Topliss-reactive ketones (excluding diaryl/α,β-unsaturated/α-hetero) is 1. The van der Waals surface area contributed by atoms with Crippen LogP contribution in [-0.4, -0.2) is 50.0 Å². The number of hydrogen-bond donors (Lipinski definition) is 1. The Hall–Kier alpha value is -1.43. The van der Waals surface area contributed by atoms with Gasteiger partial charge in [-0.25, -0.2) is 0 Å². The van der Waals surface area contributed by atoms with Crippen molar-refractivity contribution in [1.29, 1.82) is 0 Å². The number of carbonyl (C=O) groups excluding carboxylic acids is 1. The van der Waals surface area contributed by atoms with Gasteiger partial charge in [-0.2, -0.15) is 0 Å². The fraction of sp³-hybridized carbons (Fsp3) is 0.533. The number of benzene rings is 1. The summed E-state index contributed by atoms with van der Waals surface area (Å²) in [5.41, 5.74) is 0.508. The molecule has 2 atom stereocenters. The summed E-state index contributed by atoms with van der Waals surface area (Å²) in [4.78, 5) is 11.4. The van der Waals surface area contributed by atoms with E-state index in [1.807, 2.05) is 6.92 Å². The van der Waals surface area contributed by atoms with Crippen LogP contribution in [0.4, 0.5) is 0 Å². The van der Waals surface area contributed by atoms with Crippen molar-refractivity contribution in [3.8, 4) is 5.75 Å². The molecule has 5 nitrogen and oxygen atoms in total. The van der Waals surface area contributed by atoms with Crippen LogP contribution < -0.4 is 4.74 Å². The van der Waals surface area contributed by atoms with Crippen molar-refractivity contribution in [2.24, 2.45) is 0 Å². The Balaban J connectivity index is 2.41. The highest BCUT2D eigenvalue weighted by Crippen LogP contribution is 2.18. The summed E-state index contributed by atoms with van der Waals surface area (Å²) in [6, 6.07) is 6.96. The SMILES string of the molecule is COCC(C)OCC(O)COc1ccccc1C(C)=O. The minimum atomic E-state index is -0.755. The zero-order valence-corrected chi connectivity index (χ0v) is 12.2. The zero-order valence-electron chi connectivity index (χ0n) is 12.2. The number of methoxy groups -OCH3 is 1. The van der Waals surface area contributed by atoms with E-state index in [9.17, 15) is 9.90 Å². The third kappa shape index (κ3) is 5.69. The zero-order chi connectivity index (χ0) is 15.0. The van der Waals surface area contributed by atoms with Crippen LogP contribution in [0.5, 0.6) is 5.75 Å². The Bertz CT molecular complexity index is 418. The van der Waals surface area contributed by atoms with Crippen LogP contribution in [0.25, 0.3) is 0 Å². The fourth-order valence-electron chi connectivity index (χ4n) is 1.68. The van der Waals surface area contributed by atoms with E-state index in [1.165, 1.54) is 6.92 Å². The lowest BCUT2D eigenvalue weighted by atomic mass is 10.1. The van der Waals surface area contributed by atoms with Crippen LogP contribution in [0, 0.1) is 0 Å². The molecule has 1 rings (SSSR count). The Labute approximate surface area is 119 Å². The molecule has 5 heteroatoms. The standard InChI is InChI=1S/C15H22O5/c1-11(8-18-3)19-9-13(17)10-20-15-7-5-4-6-14(15)12(2)16/h4-7,11,13,17H,8-10H2,1-3H3. The lowest BCUT2D eigenvalue weighted by Crippen LogP contribution is -2.27. The Morgan fingerprint density at radius 2 is 1.95 bits per heavy atom. The molecule has 1 aromatic rings. The van der Waals surface area contributed by atoms with E-state index in [0.717, 1.165) is 0 Å².